The predicted octanol–water partition coefficient (Wildman–Crippen LogP) is 8.08. The normalized spacial score (nSPS) is 16.1. The minimum atomic E-state index is -1.97. The van der Waals surface area contributed by atoms with Crippen molar-refractivity contribution in [3.8, 4) is 11.5 Å². The van der Waals surface area contributed by atoms with Gasteiger partial charge in [0.25, 0.3) is 0 Å². The molecule has 2 atom stereocenters. The van der Waals surface area contributed by atoms with Crippen LogP contribution in [0.2, 0.25) is 36.3 Å². The summed E-state index contributed by atoms with van der Waals surface area (Å²) in [5.41, 5.74) is 6.53. The molecule has 33 heavy (non-hydrogen) atoms. The van der Waals surface area contributed by atoms with Gasteiger partial charge in [0, 0.05) is 11.5 Å². The molecule has 0 fully saturated rings. The molecule has 0 amide bonds. The lowest BCUT2D eigenvalue weighted by Crippen LogP contribution is -2.45. The molecule has 0 saturated heterocycles. The zero-order valence-electron chi connectivity index (χ0n) is 23.7. The number of hydrogen-bond donors (Lipinski definition) is 0. The Balaban J connectivity index is 6.13. The van der Waals surface area contributed by atoms with Gasteiger partial charge < -0.3 is 9.16 Å². The van der Waals surface area contributed by atoms with E-state index in [0.717, 1.165) is 11.1 Å². The number of methoxy groups -OCH3 is 1. The summed E-state index contributed by atoms with van der Waals surface area (Å²) in [5.74, 6) is 3.51. The van der Waals surface area contributed by atoms with E-state index in [1.165, 1.54) is 25.2 Å². The second-order valence-corrected chi connectivity index (χ2v) is 20.6. The fraction of sp³-hybridized carbons (Fsp3) is 0.679. The number of rotatable bonds is 10. The van der Waals surface area contributed by atoms with Gasteiger partial charge in [-0.15, -0.1) is 5.54 Å². The molecule has 0 saturated carbocycles. The molecule has 0 heterocycles. The molecule has 0 aliphatic carbocycles. The van der Waals surface area contributed by atoms with E-state index >= 15 is 0 Å². The summed E-state index contributed by atoms with van der Waals surface area (Å²) < 4.78 is 11.7. The smallest absolute Gasteiger partial charge is 0.333 e. The van der Waals surface area contributed by atoms with E-state index in [1.54, 1.807) is 6.92 Å². The second kappa shape index (κ2) is 13.5. The molecule has 0 radical (unpaired) electrons. The number of allylic oxidation sites excluding steroid dienone is 4. The van der Waals surface area contributed by atoms with Gasteiger partial charge in [0.15, 0.2) is 8.32 Å². The molecule has 0 rings (SSSR count). The maximum Gasteiger partial charge on any atom is 0.333 e. The summed E-state index contributed by atoms with van der Waals surface area (Å²) in [5, 5.41) is 0.132. The van der Waals surface area contributed by atoms with Gasteiger partial charge >= 0.3 is 5.97 Å². The van der Waals surface area contributed by atoms with E-state index in [9.17, 15) is 4.79 Å². The van der Waals surface area contributed by atoms with Crippen LogP contribution in [-0.2, 0) is 14.0 Å². The zero-order chi connectivity index (χ0) is 26.0. The molecule has 3 nitrogen and oxygen atoms in total. The van der Waals surface area contributed by atoms with Crippen molar-refractivity contribution in [3.05, 3.63) is 34.9 Å². The van der Waals surface area contributed by atoms with Crippen LogP contribution in [0.1, 0.15) is 69.2 Å². The highest BCUT2D eigenvalue weighted by Gasteiger charge is 2.40. The van der Waals surface area contributed by atoms with Crippen LogP contribution in [0.4, 0.5) is 0 Å². The lowest BCUT2D eigenvalue weighted by Gasteiger charge is -2.39. The summed E-state index contributed by atoms with van der Waals surface area (Å²) >= 11 is 0. The number of hydrogen-bond acceptors (Lipinski definition) is 3. The molecule has 0 aromatic rings. The summed E-state index contributed by atoms with van der Waals surface area (Å²) in [7, 11) is -2.12. The van der Waals surface area contributed by atoms with E-state index in [0.29, 0.717) is 5.57 Å². The van der Waals surface area contributed by atoms with Crippen molar-refractivity contribution < 1.29 is 14.0 Å². The Hall–Kier alpha value is -1.36. The summed E-state index contributed by atoms with van der Waals surface area (Å²) in [6.45, 7) is 26.4. The third-order valence-electron chi connectivity index (χ3n) is 7.15. The van der Waals surface area contributed by atoms with Gasteiger partial charge in [-0.1, -0.05) is 77.7 Å². The lowest BCUT2D eigenvalue weighted by molar-refractivity contribution is -0.136. The monoisotopic (exact) mass is 490 g/mol. The Bertz CT molecular complexity index is 789. The van der Waals surface area contributed by atoms with Crippen LogP contribution < -0.4 is 0 Å². The minimum Gasteiger partial charge on any atom is -0.466 e. The summed E-state index contributed by atoms with van der Waals surface area (Å²) in [6, 6.07) is 3.57. The first-order valence-corrected chi connectivity index (χ1v) is 17.9. The van der Waals surface area contributed by atoms with Gasteiger partial charge in [-0.2, -0.15) is 0 Å². The van der Waals surface area contributed by atoms with Crippen LogP contribution in [0.5, 0.6) is 0 Å². The molecule has 0 aromatic heterocycles. The number of carbonyl (C=O) groups excluding carboxylic acids is 1. The van der Waals surface area contributed by atoms with Crippen molar-refractivity contribution in [2.24, 2.45) is 5.92 Å². The summed E-state index contributed by atoms with van der Waals surface area (Å²) in [6.07, 6.45) is 6.10. The van der Waals surface area contributed by atoms with E-state index in [2.05, 4.69) is 92.1 Å². The summed E-state index contributed by atoms with van der Waals surface area (Å²) in [4.78, 5) is 11.7. The Morgan fingerprint density at radius 3 is 1.91 bits per heavy atom. The molecule has 0 aliphatic heterocycles. The van der Waals surface area contributed by atoms with E-state index < -0.39 is 16.4 Å². The van der Waals surface area contributed by atoms with Crippen LogP contribution in [0.3, 0.4) is 0 Å². The molecule has 188 valence electrons. The molecule has 5 heteroatoms. The first-order chi connectivity index (χ1) is 15.1. The van der Waals surface area contributed by atoms with Crippen molar-refractivity contribution >= 4 is 22.4 Å². The zero-order valence-corrected chi connectivity index (χ0v) is 25.7. The Morgan fingerprint density at radius 1 is 0.970 bits per heavy atom. The number of ether oxygens (including phenoxy) is 1. The third-order valence-corrected chi connectivity index (χ3v) is 16.3. The van der Waals surface area contributed by atoms with Crippen molar-refractivity contribution in [2.45, 2.75) is 112 Å². The van der Waals surface area contributed by atoms with E-state index in [-0.39, 0.29) is 23.0 Å². The first kappa shape index (κ1) is 31.6. The Kier molecular flexibility index (Phi) is 13.0. The predicted molar refractivity (Wildman–Crippen MR) is 149 cm³/mol. The van der Waals surface area contributed by atoms with Gasteiger partial charge in [0.1, 0.15) is 14.2 Å². The molecule has 0 N–H and O–H groups in total. The lowest BCUT2D eigenvalue weighted by atomic mass is 10.0. The van der Waals surface area contributed by atoms with E-state index in [1.807, 2.05) is 13.0 Å². The SMILES string of the molecule is CC[Si](C#C[C@@H](O[Si](C)(C)C(C)(C)C)[C@H](C)/C=C(C)/C=C(C)/C=C(\C)C(=O)OC)(CC)CC. The Labute approximate surface area is 207 Å². The first-order valence-electron chi connectivity index (χ1n) is 12.4. The maximum atomic E-state index is 11.7. The van der Waals surface area contributed by atoms with Crippen LogP contribution in [0, 0.1) is 17.4 Å². The number of carbonyl (C=O) groups is 1. The quantitative estimate of drug-likeness (QED) is 0.102. The highest BCUT2D eigenvalue weighted by molar-refractivity contribution is 6.87. The standard InChI is InChI=1S/C28H50O3Si2/c1-14-33(15-2,16-3)18-17-26(31-32(12,13)28(8,9)10)24(6)20-22(4)19-23(5)21-25(7)27(29)30-11/h19-21,24,26H,14-16H2,1-13H3/b22-20+,23-19+,25-21+/t24-,26-/m1/s1. The van der Waals surface area contributed by atoms with Gasteiger partial charge in [-0.05, 0) is 63.1 Å². The molecule has 0 spiro atoms. The van der Waals surface area contributed by atoms with Gasteiger partial charge in [-0.25, -0.2) is 4.79 Å². The van der Waals surface area contributed by atoms with Crippen LogP contribution in [0.25, 0.3) is 0 Å². The van der Waals surface area contributed by atoms with Gasteiger partial charge in [0.05, 0.1) is 7.11 Å². The molecule has 0 unspecified atom stereocenters. The molecular formula is C28H50O3Si2. The number of esters is 1. The largest absolute Gasteiger partial charge is 0.466 e. The Morgan fingerprint density at radius 2 is 1.48 bits per heavy atom. The van der Waals surface area contributed by atoms with Crippen molar-refractivity contribution in [1.82, 2.24) is 0 Å². The topological polar surface area (TPSA) is 35.5 Å². The van der Waals surface area contributed by atoms with Crippen molar-refractivity contribution in [3.63, 3.8) is 0 Å². The van der Waals surface area contributed by atoms with Gasteiger partial charge in [-0.3, -0.25) is 0 Å². The van der Waals surface area contributed by atoms with E-state index in [4.69, 9.17) is 9.16 Å². The average Bonchev–Trinajstić information content (AvgIpc) is 2.72. The molecular weight excluding hydrogens is 440 g/mol. The van der Waals surface area contributed by atoms with Crippen LogP contribution >= 0.6 is 0 Å². The average molecular weight is 491 g/mol. The van der Waals surface area contributed by atoms with Crippen molar-refractivity contribution in [2.75, 3.05) is 7.11 Å². The molecule has 0 aliphatic rings. The maximum absolute atomic E-state index is 11.7. The minimum absolute atomic E-state index is 0.113. The van der Waals surface area contributed by atoms with Crippen LogP contribution in [-0.4, -0.2) is 35.6 Å². The molecule has 0 aromatic carbocycles. The van der Waals surface area contributed by atoms with Crippen LogP contribution in [0.15, 0.2) is 34.9 Å². The van der Waals surface area contributed by atoms with Gasteiger partial charge in [0.2, 0.25) is 0 Å². The highest BCUT2D eigenvalue weighted by atomic mass is 28.4. The second-order valence-electron chi connectivity index (χ2n) is 10.9. The van der Waals surface area contributed by atoms with Crippen molar-refractivity contribution in [1.29, 1.82) is 0 Å². The highest BCUT2D eigenvalue weighted by Crippen LogP contribution is 2.38. The molecule has 0 bridgehead atoms. The third kappa shape index (κ3) is 10.2. The fourth-order valence-electron chi connectivity index (χ4n) is 3.51. The fourth-order valence-corrected chi connectivity index (χ4v) is 7.25.